The summed E-state index contributed by atoms with van der Waals surface area (Å²) >= 11 is 0. The van der Waals surface area contributed by atoms with Crippen LogP contribution >= 0.6 is 0 Å². The van der Waals surface area contributed by atoms with E-state index >= 15 is 0 Å². The van der Waals surface area contributed by atoms with Gasteiger partial charge in [-0.05, 0) is 74.2 Å². The smallest absolute Gasteiger partial charge is 0.228 e. The number of hydrogen-bond donors (Lipinski definition) is 3. The number of aryl methyl sites for hydroxylation is 1. The lowest BCUT2D eigenvalue weighted by Gasteiger charge is -2.43. The summed E-state index contributed by atoms with van der Waals surface area (Å²) in [6.45, 7) is 9.92. The number of halogens is 1. The molecule has 2 aromatic carbocycles. The number of benzene rings is 2. The highest BCUT2D eigenvalue weighted by molar-refractivity contribution is 5.85. The highest BCUT2D eigenvalue weighted by Gasteiger charge is 2.45. The molecule has 1 aromatic heterocycles. The van der Waals surface area contributed by atoms with E-state index in [9.17, 15) is 14.3 Å². The van der Waals surface area contributed by atoms with E-state index in [-0.39, 0.29) is 17.4 Å². The summed E-state index contributed by atoms with van der Waals surface area (Å²) in [7, 11) is 0. The fourth-order valence-electron chi connectivity index (χ4n) is 5.09. The Bertz CT molecular complexity index is 1390. The summed E-state index contributed by atoms with van der Waals surface area (Å²) in [4.78, 5) is 18.6. The van der Waals surface area contributed by atoms with Crippen molar-refractivity contribution in [3.8, 4) is 0 Å². The largest absolute Gasteiger partial charge is 0.392 e. The van der Waals surface area contributed by atoms with E-state index in [4.69, 9.17) is 4.98 Å². The lowest BCUT2D eigenvalue weighted by Crippen LogP contribution is -2.55. The number of allylic oxidation sites excluding steroid dienone is 2. The Hall–Kier alpha value is -4.03. The first-order valence-electron chi connectivity index (χ1n) is 12.8. The molecule has 0 saturated carbocycles. The third-order valence-corrected chi connectivity index (χ3v) is 7.15. The maximum absolute atomic E-state index is 13.9. The number of hydrogen-bond acceptors (Lipinski definition) is 4. The van der Waals surface area contributed by atoms with Crippen LogP contribution in [0.15, 0.2) is 96.6 Å². The molecule has 0 radical (unpaired) electrons. The Balaban J connectivity index is 1.70. The van der Waals surface area contributed by atoms with Gasteiger partial charge in [-0.1, -0.05) is 60.7 Å². The van der Waals surface area contributed by atoms with Crippen LogP contribution in [0.4, 0.5) is 15.9 Å². The molecule has 1 aliphatic heterocycles. The van der Waals surface area contributed by atoms with Gasteiger partial charge in [0.05, 0.1) is 18.2 Å². The molecule has 3 N–H and O–H groups in total. The second-order valence-electron chi connectivity index (χ2n) is 9.65. The van der Waals surface area contributed by atoms with Crippen LogP contribution in [0.3, 0.4) is 0 Å². The number of carbonyl (C=O) groups excluding carboxylic acids is 1. The highest BCUT2D eigenvalue weighted by Crippen LogP contribution is 2.42. The maximum atomic E-state index is 13.9. The van der Waals surface area contributed by atoms with Crippen LogP contribution in [-0.2, 0) is 23.4 Å². The van der Waals surface area contributed by atoms with Gasteiger partial charge in [0.25, 0.3) is 0 Å². The fraction of sp³-hybridized carbons (Fsp3) is 0.250. The lowest BCUT2D eigenvalue weighted by molar-refractivity contribution is -0.127. The van der Waals surface area contributed by atoms with Gasteiger partial charge in [0.1, 0.15) is 17.2 Å². The normalized spacial score (nSPS) is 20.0. The number of nitrogens with one attached hydrogen (secondary N) is 2. The van der Waals surface area contributed by atoms with Crippen molar-refractivity contribution < 1.29 is 14.3 Å². The zero-order chi connectivity index (χ0) is 27.3. The molecule has 1 fully saturated rings. The van der Waals surface area contributed by atoms with E-state index in [1.54, 1.807) is 12.1 Å². The van der Waals surface area contributed by atoms with Crippen LogP contribution in [0.2, 0.25) is 0 Å². The summed E-state index contributed by atoms with van der Waals surface area (Å²) in [5, 5.41) is 16.0. The second kappa shape index (κ2) is 11.6. The number of rotatable bonds is 8. The van der Waals surface area contributed by atoms with E-state index in [0.29, 0.717) is 30.0 Å². The monoisotopic (exact) mass is 511 g/mol. The fourth-order valence-corrected chi connectivity index (χ4v) is 5.09. The Morgan fingerprint density at radius 1 is 1.18 bits per heavy atom. The quantitative estimate of drug-likeness (QED) is 0.241. The standard InChI is InChI=1S/C32H34FN3O2/c1-5-10-25(6-2)32(19-22(4)27(31(38)36-32)18-23-12-8-7-11-21(23)3)29-13-9-14-30(35-29)34-26-15-16-28(33)24(17-26)20-37/h5-17,27,37H,4,18-20H2,1-3H3,(H,34,35)(H,36,38)/b10-5-,25-6+. The molecule has 2 heterocycles. The first-order valence-corrected chi connectivity index (χ1v) is 12.8. The summed E-state index contributed by atoms with van der Waals surface area (Å²) in [5.74, 6) is -0.355. The second-order valence-corrected chi connectivity index (χ2v) is 9.65. The minimum absolute atomic E-state index is 0.0837. The predicted molar refractivity (Wildman–Crippen MR) is 150 cm³/mol. The van der Waals surface area contributed by atoms with Gasteiger partial charge in [-0.3, -0.25) is 4.79 Å². The van der Waals surface area contributed by atoms with E-state index < -0.39 is 18.0 Å². The van der Waals surface area contributed by atoms with E-state index in [2.05, 4.69) is 36.3 Å². The van der Waals surface area contributed by atoms with E-state index in [1.807, 2.05) is 62.4 Å². The molecule has 3 aromatic rings. The lowest BCUT2D eigenvalue weighted by atomic mass is 9.72. The molecule has 0 bridgehead atoms. The van der Waals surface area contributed by atoms with Gasteiger partial charge in [-0.25, -0.2) is 9.37 Å². The van der Waals surface area contributed by atoms with Gasteiger partial charge >= 0.3 is 0 Å². The van der Waals surface area contributed by atoms with Crippen molar-refractivity contribution in [1.82, 2.24) is 10.3 Å². The molecule has 1 aliphatic rings. The molecule has 1 saturated heterocycles. The van der Waals surface area contributed by atoms with Crippen molar-refractivity contribution in [3.63, 3.8) is 0 Å². The topological polar surface area (TPSA) is 74.2 Å². The van der Waals surface area contributed by atoms with E-state index in [0.717, 1.165) is 22.3 Å². The minimum Gasteiger partial charge on any atom is -0.392 e. The van der Waals surface area contributed by atoms with Gasteiger partial charge in [0.2, 0.25) is 5.91 Å². The SMILES string of the molecule is C=C1CC(C(/C=C\C)=C/C)(c2cccc(Nc3ccc(F)c(CO)c3)n2)NC(=O)C1Cc1ccccc1C. The average molecular weight is 512 g/mol. The number of aromatic nitrogens is 1. The molecule has 0 aliphatic carbocycles. The predicted octanol–water partition coefficient (Wildman–Crippen LogP) is 6.42. The third kappa shape index (κ3) is 5.46. The molecule has 196 valence electrons. The van der Waals surface area contributed by atoms with Crippen molar-refractivity contribution in [1.29, 1.82) is 0 Å². The van der Waals surface area contributed by atoms with Gasteiger partial charge in [-0.2, -0.15) is 0 Å². The Labute approximate surface area is 223 Å². The van der Waals surface area contributed by atoms with Crippen LogP contribution in [0, 0.1) is 18.7 Å². The summed E-state index contributed by atoms with van der Waals surface area (Å²) < 4.78 is 13.9. The van der Waals surface area contributed by atoms with Gasteiger partial charge < -0.3 is 15.7 Å². The zero-order valence-corrected chi connectivity index (χ0v) is 22.1. The molecule has 1 amide bonds. The number of carbonyl (C=O) groups is 1. The van der Waals surface area contributed by atoms with Crippen molar-refractivity contribution in [3.05, 3.63) is 125 Å². The van der Waals surface area contributed by atoms with Gasteiger partial charge in [0.15, 0.2) is 0 Å². The number of aliphatic hydroxyl groups excluding tert-OH is 1. The molecule has 6 heteroatoms. The van der Waals surface area contributed by atoms with Crippen molar-refractivity contribution >= 4 is 17.4 Å². The highest BCUT2D eigenvalue weighted by atomic mass is 19.1. The van der Waals surface area contributed by atoms with Crippen LogP contribution in [0.5, 0.6) is 0 Å². The molecule has 4 rings (SSSR count). The van der Waals surface area contributed by atoms with Crippen molar-refractivity contribution in [2.24, 2.45) is 5.92 Å². The number of nitrogens with zero attached hydrogens (tertiary/aromatic N) is 1. The number of aliphatic hydroxyl groups is 1. The molecular weight excluding hydrogens is 477 g/mol. The van der Waals surface area contributed by atoms with Crippen molar-refractivity contribution in [2.75, 3.05) is 5.32 Å². The molecule has 5 nitrogen and oxygen atoms in total. The third-order valence-electron chi connectivity index (χ3n) is 7.15. The van der Waals surface area contributed by atoms with Gasteiger partial charge in [-0.15, -0.1) is 0 Å². The van der Waals surface area contributed by atoms with Crippen LogP contribution in [0.25, 0.3) is 0 Å². The Morgan fingerprint density at radius 2 is 1.97 bits per heavy atom. The zero-order valence-electron chi connectivity index (χ0n) is 22.1. The number of pyridine rings is 1. The molecule has 0 spiro atoms. The summed E-state index contributed by atoms with van der Waals surface area (Å²) in [6.07, 6.45) is 7.02. The van der Waals surface area contributed by atoms with Crippen LogP contribution in [0.1, 0.15) is 42.7 Å². The molecule has 2 unspecified atom stereocenters. The number of anilines is 2. The van der Waals surface area contributed by atoms with E-state index in [1.165, 1.54) is 6.07 Å². The van der Waals surface area contributed by atoms with Gasteiger partial charge in [0, 0.05) is 17.7 Å². The van der Waals surface area contributed by atoms with Crippen LogP contribution in [-0.4, -0.2) is 16.0 Å². The van der Waals surface area contributed by atoms with Crippen molar-refractivity contribution in [2.45, 2.75) is 45.8 Å². The van der Waals surface area contributed by atoms with Crippen LogP contribution < -0.4 is 10.6 Å². The molecule has 2 atom stereocenters. The average Bonchev–Trinajstić information content (AvgIpc) is 2.91. The first kappa shape index (κ1) is 27.0. The minimum atomic E-state index is -0.894. The summed E-state index contributed by atoms with van der Waals surface area (Å²) in [6, 6.07) is 18.1. The molecule has 38 heavy (non-hydrogen) atoms. The number of piperidine rings is 1. The summed E-state index contributed by atoms with van der Waals surface area (Å²) in [5.41, 5.74) is 4.62. The Morgan fingerprint density at radius 3 is 2.66 bits per heavy atom. The maximum Gasteiger partial charge on any atom is 0.228 e. The molecular formula is C32H34FN3O2. The first-order chi connectivity index (χ1) is 18.3. The Kier molecular flexibility index (Phi) is 8.23. The number of amides is 1.